The molecule has 1 heterocycles. The Morgan fingerprint density at radius 3 is 2.39 bits per heavy atom. The quantitative estimate of drug-likeness (QED) is 0.842. The van der Waals surface area contributed by atoms with Gasteiger partial charge < -0.3 is 10.4 Å². The molecule has 0 radical (unpaired) electrons. The molecule has 6 heteroatoms. The fraction of sp³-hybridized carbons (Fsp3) is 0.500. The lowest BCUT2D eigenvalue weighted by Crippen LogP contribution is -2.36. The van der Waals surface area contributed by atoms with Crippen LogP contribution in [-0.4, -0.2) is 27.0 Å². The van der Waals surface area contributed by atoms with Gasteiger partial charge in [0.25, 0.3) is 0 Å². The summed E-state index contributed by atoms with van der Waals surface area (Å²) in [6.45, 7) is 0. The fourth-order valence-electron chi connectivity index (χ4n) is 2.34. The van der Waals surface area contributed by atoms with Crippen LogP contribution in [0.4, 0.5) is 5.69 Å². The highest BCUT2D eigenvalue weighted by Crippen LogP contribution is 2.31. The van der Waals surface area contributed by atoms with Crippen molar-refractivity contribution in [2.45, 2.75) is 25.7 Å². The molecule has 1 fully saturated rings. The van der Waals surface area contributed by atoms with Gasteiger partial charge in [0.15, 0.2) is 0 Å². The monoisotopic (exact) mass is 249 g/mol. The molecule has 0 saturated heterocycles. The van der Waals surface area contributed by atoms with E-state index in [4.69, 9.17) is 5.11 Å². The van der Waals surface area contributed by atoms with Gasteiger partial charge in [0.2, 0.25) is 5.91 Å². The summed E-state index contributed by atoms with van der Waals surface area (Å²) >= 11 is 0. The first kappa shape index (κ1) is 12.5. The van der Waals surface area contributed by atoms with Gasteiger partial charge in [0.1, 0.15) is 6.33 Å². The van der Waals surface area contributed by atoms with Crippen molar-refractivity contribution in [2.75, 3.05) is 5.32 Å². The zero-order valence-electron chi connectivity index (χ0n) is 9.87. The van der Waals surface area contributed by atoms with E-state index in [1.54, 1.807) is 0 Å². The summed E-state index contributed by atoms with van der Waals surface area (Å²) in [5.74, 6) is -2.18. The van der Waals surface area contributed by atoms with Crippen molar-refractivity contribution in [3.63, 3.8) is 0 Å². The van der Waals surface area contributed by atoms with Crippen molar-refractivity contribution in [3.8, 4) is 0 Å². The highest BCUT2D eigenvalue weighted by Gasteiger charge is 2.35. The predicted octanol–water partition coefficient (Wildman–Crippen LogP) is 1.31. The summed E-state index contributed by atoms with van der Waals surface area (Å²) < 4.78 is 0. The number of anilines is 1. The first-order valence-corrected chi connectivity index (χ1v) is 5.97. The van der Waals surface area contributed by atoms with Crippen LogP contribution in [0.15, 0.2) is 18.7 Å². The Bertz CT molecular complexity index is 435. The molecule has 96 valence electrons. The molecule has 1 aromatic rings. The number of carboxylic acid groups (broad SMARTS) is 1. The third kappa shape index (κ3) is 2.82. The molecule has 0 spiro atoms. The standard InChI is InChI=1S/C12H15N3O3/c16-11(15-8-5-13-7-14-6-8)9-3-1-2-4-10(9)12(17)18/h5-7,9-10H,1-4H2,(H,15,16)(H,17,18)/t9-,10+/m1/s1. The van der Waals surface area contributed by atoms with Crippen molar-refractivity contribution in [1.29, 1.82) is 0 Å². The second-order valence-electron chi connectivity index (χ2n) is 4.45. The maximum atomic E-state index is 12.1. The van der Waals surface area contributed by atoms with Gasteiger partial charge >= 0.3 is 5.97 Å². The van der Waals surface area contributed by atoms with Crippen LogP contribution in [0.5, 0.6) is 0 Å². The Morgan fingerprint density at radius 2 is 1.78 bits per heavy atom. The maximum Gasteiger partial charge on any atom is 0.307 e. The van der Waals surface area contributed by atoms with E-state index >= 15 is 0 Å². The molecule has 6 nitrogen and oxygen atoms in total. The summed E-state index contributed by atoms with van der Waals surface area (Å²) in [7, 11) is 0. The molecule has 0 unspecified atom stereocenters. The van der Waals surface area contributed by atoms with Gasteiger partial charge in [-0.15, -0.1) is 0 Å². The molecular weight excluding hydrogens is 234 g/mol. The second-order valence-corrected chi connectivity index (χ2v) is 4.45. The highest BCUT2D eigenvalue weighted by atomic mass is 16.4. The Hall–Kier alpha value is -1.98. The number of carboxylic acids is 1. The minimum Gasteiger partial charge on any atom is -0.481 e. The fourth-order valence-corrected chi connectivity index (χ4v) is 2.34. The minimum absolute atomic E-state index is 0.253. The number of amides is 1. The van der Waals surface area contributed by atoms with Crippen molar-refractivity contribution in [1.82, 2.24) is 9.97 Å². The van der Waals surface area contributed by atoms with Crippen LogP contribution < -0.4 is 5.32 Å². The van der Waals surface area contributed by atoms with E-state index in [0.717, 1.165) is 12.8 Å². The molecule has 1 aliphatic rings. The summed E-state index contributed by atoms with van der Waals surface area (Å²) in [5.41, 5.74) is 0.497. The summed E-state index contributed by atoms with van der Waals surface area (Å²) in [6.07, 6.45) is 7.31. The van der Waals surface area contributed by atoms with E-state index in [1.165, 1.54) is 18.7 Å². The number of nitrogens with zero attached hydrogens (tertiary/aromatic N) is 2. The molecular formula is C12H15N3O3. The molecule has 1 aromatic heterocycles. The number of hydrogen-bond acceptors (Lipinski definition) is 4. The molecule has 0 aromatic carbocycles. The van der Waals surface area contributed by atoms with Gasteiger partial charge in [0, 0.05) is 0 Å². The van der Waals surface area contributed by atoms with E-state index in [0.29, 0.717) is 18.5 Å². The van der Waals surface area contributed by atoms with E-state index in [2.05, 4.69) is 15.3 Å². The predicted molar refractivity (Wildman–Crippen MR) is 63.7 cm³/mol. The Morgan fingerprint density at radius 1 is 1.17 bits per heavy atom. The van der Waals surface area contributed by atoms with Gasteiger partial charge in [0.05, 0.1) is 29.9 Å². The average Bonchev–Trinajstić information content (AvgIpc) is 2.40. The molecule has 1 amide bonds. The van der Waals surface area contributed by atoms with Crippen molar-refractivity contribution < 1.29 is 14.7 Å². The number of aliphatic carboxylic acids is 1. The molecule has 2 rings (SSSR count). The van der Waals surface area contributed by atoms with Crippen LogP contribution in [0.25, 0.3) is 0 Å². The lowest BCUT2D eigenvalue weighted by Gasteiger charge is -2.27. The largest absolute Gasteiger partial charge is 0.481 e. The van der Waals surface area contributed by atoms with E-state index < -0.39 is 17.8 Å². The molecule has 2 atom stereocenters. The SMILES string of the molecule is O=C(O)[C@H]1CCCC[C@H]1C(=O)Nc1cncnc1. The number of nitrogens with one attached hydrogen (secondary N) is 1. The van der Waals surface area contributed by atoms with E-state index in [9.17, 15) is 9.59 Å². The van der Waals surface area contributed by atoms with Gasteiger partial charge in [-0.25, -0.2) is 9.97 Å². The zero-order chi connectivity index (χ0) is 13.0. The molecule has 18 heavy (non-hydrogen) atoms. The minimum atomic E-state index is -0.890. The van der Waals surface area contributed by atoms with E-state index in [-0.39, 0.29) is 5.91 Å². The number of carbonyl (C=O) groups excluding carboxylic acids is 1. The van der Waals surface area contributed by atoms with Crippen LogP contribution in [0.2, 0.25) is 0 Å². The summed E-state index contributed by atoms with van der Waals surface area (Å²) in [5, 5.41) is 11.8. The van der Waals surface area contributed by atoms with Crippen molar-refractivity contribution >= 4 is 17.6 Å². The summed E-state index contributed by atoms with van der Waals surface area (Å²) in [4.78, 5) is 30.8. The number of hydrogen-bond donors (Lipinski definition) is 2. The van der Waals surface area contributed by atoms with Crippen LogP contribution in [0, 0.1) is 11.8 Å². The van der Waals surface area contributed by atoms with Crippen LogP contribution in [0.1, 0.15) is 25.7 Å². The lowest BCUT2D eigenvalue weighted by atomic mass is 9.78. The zero-order valence-corrected chi connectivity index (χ0v) is 9.87. The van der Waals surface area contributed by atoms with Crippen molar-refractivity contribution in [2.24, 2.45) is 11.8 Å². The Labute approximate surface area is 104 Å². The van der Waals surface area contributed by atoms with E-state index in [1.807, 2.05) is 0 Å². The molecule has 0 aliphatic heterocycles. The van der Waals surface area contributed by atoms with Crippen molar-refractivity contribution in [3.05, 3.63) is 18.7 Å². The van der Waals surface area contributed by atoms with Gasteiger partial charge in [-0.05, 0) is 12.8 Å². The highest BCUT2D eigenvalue weighted by molar-refractivity contribution is 5.94. The smallest absolute Gasteiger partial charge is 0.307 e. The summed E-state index contributed by atoms with van der Waals surface area (Å²) in [6, 6.07) is 0. The van der Waals surface area contributed by atoms with Crippen LogP contribution in [-0.2, 0) is 9.59 Å². The first-order valence-electron chi connectivity index (χ1n) is 5.97. The number of rotatable bonds is 3. The van der Waals surface area contributed by atoms with Gasteiger partial charge in [-0.2, -0.15) is 0 Å². The van der Waals surface area contributed by atoms with Crippen LogP contribution in [0.3, 0.4) is 0 Å². The lowest BCUT2D eigenvalue weighted by molar-refractivity contribution is -0.147. The van der Waals surface area contributed by atoms with Crippen LogP contribution >= 0.6 is 0 Å². The maximum absolute atomic E-state index is 12.1. The normalized spacial score (nSPS) is 23.3. The molecule has 1 saturated carbocycles. The average molecular weight is 249 g/mol. The van der Waals surface area contributed by atoms with Gasteiger partial charge in [-0.1, -0.05) is 12.8 Å². The van der Waals surface area contributed by atoms with Gasteiger partial charge in [-0.3, -0.25) is 9.59 Å². The number of aromatic nitrogens is 2. The molecule has 0 bridgehead atoms. The number of carbonyl (C=O) groups is 2. The Balaban J connectivity index is 2.05. The first-order chi connectivity index (χ1) is 8.68. The topological polar surface area (TPSA) is 92.2 Å². The Kier molecular flexibility index (Phi) is 3.86. The molecule has 2 N–H and O–H groups in total. The third-order valence-electron chi connectivity index (χ3n) is 3.25. The second kappa shape index (κ2) is 5.57. The third-order valence-corrected chi connectivity index (χ3v) is 3.25. The molecule has 1 aliphatic carbocycles.